The predicted octanol–water partition coefficient (Wildman–Crippen LogP) is 7.75. The van der Waals surface area contributed by atoms with Crippen molar-refractivity contribution in [2.75, 3.05) is 13.1 Å². The number of carbonyl (C=O) groups excluding carboxylic acids is 1. The van der Waals surface area contributed by atoms with E-state index in [1.54, 1.807) is 0 Å². The van der Waals surface area contributed by atoms with E-state index >= 15 is 0 Å². The number of nitrogens with one attached hydrogen (secondary N) is 1. The molecule has 0 aliphatic carbocycles. The van der Waals surface area contributed by atoms with E-state index in [1.165, 1.54) is 75.3 Å². The summed E-state index contributed by atoms with van der Waals surface area (Å²) in [5.41, 5.74) is 3.33. The first-order chi connectivity index (χ1) is 16.2. The molecule has 1 N–H and O–H groups in total. The van der Waals surface area contributed by atoms with Crippen molar-refractivity contribution in [3.05, 3.63) is 71.3 Å². The van der Waals surface area contributed by atoms with E-state index in [1.807, 2.05) is 12.1 Å². The van der Waals surface area contributed by atoms with E-state index in [0.29, 0.717) is 0 Å². The van der Waals surface area contributed by atoms with Crippen LogP contribution in [0.2, 0.25) is 0 Å². The highest BCUT2D eigenvalue weighted by molar-refractivity contribution is 5.94. The highest BCUT2D eigenvalue weighted by Crippen LogP contribution is 2.13. The van der Waals surface area contributed by atoms with Crippen LogP contribution in [0.25, 0.3) is 0 Å². The molecule has 3 heteroatoms. The van der Waals surface area contributed by atoms with Crippen LogP contribution in [0.5, 0.6) is 0 Å². The standard InChI is InChI=1S/C30H46N2O/c1-3-5-6-7-8-9-10-11-12-13-17-24-31-30(33)29-22-20-28(21-23-29)26-32(4-2)25-27-18-15-14-16-19-27/h14-16,18-23H,3-13,17,24-26H2,1-2H3,(H,31,33). The summed E-state index contributed by atoms with van der Waals surface area (Å²) < 4.78 is 0. The molecular formula is C30H46N2O. The van der Waals surface area contributed by atoms with Gasteiger partial charge in [-0.15, -0.1) is 0 Å². The lowest BCUT2D eigenvalue weighted by Gasteiger charge is -2.20. The van der Waals surface area contributed by atoms with E-state index in [-0.39, 0.29) is 5.91 Å². The zero-order chi connectivity index (χ0) is 23.6. The molecule has 2 aromatic carbocycles. The molecule has 0 unspecified atom stereocenters. The Morgan fingerprint density at radius 1 is 0.667 bits per heavy atom. The molecule has 0 radical (unpaired) electrons. The van der Waals surface area contributed by atoms with Gasteiger partial charge in [-0.25, -0.2) is 0 Å². The second-order valence-corrected chi connectivity index (χ2v) is 9.28. The smallest absolute Gasteiger partial charge is 0.251 e. The third-order valence-corrected chi connectivity index (χ3v) is 6.38. The predicted molar refractivity (Wildman–Crippen MR) is 141 cm³/mol. The number of nitrogens with zero attached hydrogens (tertiary/aromatic N) is 1. The Morgan fingerprint density at radius 2 is 1.18 bits per heavy atom. The largest absolute Gasteiger partial charge is 0.352 e. The quantitative estimate of drug-likeness (QED) is 0.235. The van der Waals surface area contributed by atoms with Crippen LogP contribution in [-0.4, -0.2) is 23.9 Å². The lowest BCUT2D eigenvalue weighted by molar-refractivity contribution is 0.0953. The van der Waals surface area contributed by atoms with Crippen molar-refractivity contribution < 1.29 is 4.79 Å². The van der Waals surface area contributed by atoms with Gasteiger partial charge in [-0.2, -0.15) is 0 Å². The summed E-state index contributed by atoms with van der Waals surface area (Å²) >= 11 is 0. The molecule has 0 fully saturated rings. The molecular weight excluding hydrogens is 404 g/mol. The average Bonchev–Trinajstić information content (AvgIpc) is 2.85. The summed E-state index contributed by atoms with van der Waals surface area (Å²) in [6, 6.07) is 18.7. The summed E-state index contributed by atoms with van der Waals surface area (Å²) in [4.78, 5) is 14.8. The zero-order valence-corrected chi connectivity index (χ0v) is 21.2. The highest BCUT2D eigenvalue weighted by atomic mass is 16.1. The van der Waals surface area contributed by atoms with Crippen molar-refractivity contribution in [2.45, 2.75) is 97.6 Å². The summed E-state index contributed by atoms with van der Waals surface area (Å²) in [6.45, 7) is 8.07. The second kappa shape index (κ2) is 17.4. The Balaban J connectivity index is 1.57. The van der Waals surface area contributed by atoms with Gasteiger partial charge in [0.1, 0.15) is 0 Å². The molecule has 0 aromatic heterocycles. The molecule has 0 saturated heterocycles. The minimum Gasteiger partial charge on any atom is -0.352 e. The number of unbranched alkanes of at least 4 members (excludes halogenated alkanes) is 10. The first-order valence-electron chi connectivity index (χ1n) is 13.4. The van der Waals surface area contributed by atoms with Gasteiger partial charge in [-0.3, -0.25) is 9.69 Å². The van der Waals surface area contributed by atoms with Gasteiger partial charge in [-0.05, 0) is 36.2 Å². The normalized spacial score (nSPS) is 11.1. The number of carbonyl (C=O) groups is 1. The van der Waals surface area contributed by atoms with E-state index in [9.17, 15) is 4.79 Å². The number of hydrogen-bond acceptors (Lipinski definition) is 2. The van der Waals surface area contributed by atoms with Crippen LogP contribution in [0, 0.1) is 0 Å². The van der Waals surface area contributed by atoms with Crippen LogP contribution in [0.15, 0.2) is 54.6 Å². The highest BCUT2D eigenvalue weighted by Gasteiger charge is 2.08. The van der Waals surface area contributed by atoms with Crippen molar-refractivity contribution in [1.82, 2.24) is 10.2 Å². The summed E-state index contributed by atoms with van der Waals surface area (Å²) in [5.74, 6) is 0.0465. The van der Waals surface area contributed by atoms with Crippen LogP contribution >= 0.6 is 0 Å². The van der Waals surface area contributed by atoms with E-state index in [4.69, 9.17) is 0 Å². The van der Waals surface area contributed by atoms with Crippen molar-refractivity contribution in [3.8, 4) is 0 Å². The van der Waals surface area contributed by atoms with Gasteiger partial charge in [0.15, 0.2) is 0 Å². The molecule has 2 aromatic rings. The van der Waals surface area contributed by atoms with Crippen molar-refractivity contribution >= 4 is 5.91 Å². The maximum atomic E-state index is 12.4. The molecule has 33 heavy (non-hydrogen) atoms. The van der Waals surface area contributed by atoms with Crippen molar-refractivity contribution in [3.63, 3.8) is 0 Å². The second-order valence-electron chi connectivity index (χ2n) is 9.28. The summed E-state index contributed by atoms with van der Waals surface area (Å²) in [7, 11) is 0. The molecule has 1 amide bonds. The Hall–Kier alpha value is -2.13. The van der Waals surface area contributed by atoms with E-state index in [2.05, 4.69) is 66.5 Å². The first kappa shape index (κ1) is 27.1. The van der Waals surface area contributed by atoms with E-state index < -0.39 is 0 Å². The van der Waals surface area contributed by atoms with Gasteiger partial charge in [0.25, 0.3) is 5.91 Å². The third-order valence-electron chi connectivity index (χ3n) is 6.38. The molecule has 0 aliphatic rings. The molecule has 2 rings (SSSR count). The van der Waals surface area contributed by atoms with Gasteiger partial charge in [0.2, 0.25) is 0 Å². The molecule has 0 atom stereocenters. The Kier molecular flexibility index (Phi) is 14.3. The maximum absolute atomic E-state index is 12.4. The van der Waals surface area contributed by atoms with Crippen LogP contribution < -0.4 is 5.32 Å². The molecule has 0 heterocycles. The average molecular weight is 451 g/mol. The monoisotopic (exact) mass is 450 g/mol. The van der Waals surface area contributed by atoms with Crippen LogP contribution in [0.1, 0.15) is 106 Å². The number of rotatable bonds is 18. The maximum Gasteiger partial charge on any atom is 0.251 e. The molecule has 0 bridgehead atoms. The van der Waals surface area contributed by atoms with Gasteiger partial charge in [0, 0.05) is 25.2 Å². The summed E-state index contributed by atoms with van der Waals surface area (Å²) in [5, 5.41) is 3.08. The minimum absolute atomic E-state index is 0.0465. The van der Waals surface area contributed by atoms with Gasteiger partial charge in [-0.1, -0.05) is 121 Å². The van der Waals surface area contributed by atoms with Crippen LogP contribution in [-0.2, 0) is 13.1 Å². The fraction of sp³-hybridized carbons (Fsp3) is 0.567. The molecule has 182 valence electrons. The number of benzene rings is 2. The van der Waals surface area contributed by atoms with E-state index in [0.717, 1.165) is 38.2 Å². The van der Waals surface area contributed by atoms with Crippen LogP contribution in [0.4, 0.5) is 0 Å². The molecule has 0 aliphatic heterocycles. The zero-order valence-electron chi connectivity index (χ0n) is 21.2. The molecule has 0 saturated carbocycles. The fourth-order valence-corrected chi connectivity index (χ4v) is 4.23. The lowest BCUT2D eigenvalue weighted by Crippen LogP contribution is -2.24. The van der Waals surface area contributed by atoms with Gasteiger partial charge >= 0.3 is 0 Å². The van der Waals surface area contributed by atoms with Crippen molar-refractivity contribution in [2.24, 2.45) is 0 Å². The Bertz CT molecular complexity index is 742. The first-order valence-corrected chi connectivity index (χ1v) is 13.4. The molecule has 0 spiro atoms. The third kappa shape index (κ3) is 12.1. The SMILES string of the molecule is CCCCCCCCCCCCCNC(=O)c1ccc(CN(CC)Cc2ccccc2)cc1. The van der Waals surface area contributed by atoms with Gasteiger partial charge in [0.05, 0.1) is 0 Å². The Labute approximate surface area is 203 Å². The van der Waals surface area contributed by atoms with Gasteiger partial charge < -0.3 is 5.32 Å². The van der Waals surface area contributed by atoms with Crippen molar-refractivity contribution in [1.29, 1.82) is 0 Å². The lowest BCUT2D eigenvalue weighted by atomic mass is 10.1. The summed E-state index contributed by atoms with van der Waals surface area (Å²) in [6.07, 6.45) is 14.6. The van der Waals surface area contributed by atoms with Crippen LogP contribution in [0.3, 0.4) is 0 Å². The number of amides is 1. The minimum atomic E-state index is 0.0465. The topological polar surface area (TPSA) is 32.3 Å². The fourth-order valence-electron chi connectivity index (χ4n) is 4.23. The Morgan fingerprint density at radius 3 is 1.73 bits per heavy atom. The molecule has 3 nitrogen and oxygen atoms in total. The number of hydrogen-bond donors (Lipinski definition) is 1.